The van der Waals surface area contributed by atoms with Crippen molar-refractivity contribution in [3.05, 3.63) is 42.0 Å². The first-order valence-electron chi connectivity index (χ1n) is 13.6. The molecule has 5 rings (SSSR count). The summed E-state index contributed by atoms with van der Waals surface area (Å²) in [5.41, 5.74) is 15.5. The standard InChI is InChI=1S/C28H35FN8O2S/c1-3-40(39)35-23-8-7-18(13-22(23)29)25-24-26(36(2)34-25)21(16-33-27(24)31)19(14-30)15-32-20-9-11-37(12-10-20)28(38)17-5-4-6-17/h7-8,13-17,20,35H,3-6,9-12,30H2,1-2H3,(H2,31,33)/b19-14+,32-15?. The minimum absolute atomic E-state index is 0.0943. The van der Waals surface area contributed by atoms with E-state index in [0.717, 1.165) is 45.2 Å². The van der Waals surface area contributed by atoms with E-state index in [9.17, 15) is 13.4 Å². The normalized spacial score (nSPS) is 17.9. The molecule has 1 saturated heterocycles. The van der Waals surface area contributed by atoms with Gasteiger partial charge < -0.3 is 21.1 Å². The number of aromatic nitrogens is 3. The van der Waals surface area contributed by atoms with Crippen molar-refractivity contribution < 1.29 is 13.4 Å². The molecule has 10 nitrogen and oxygen atoms in total. The molecule has 1 atom stereocenters. The number of aliphatic imine (C=N–C) groups is 1. The molecule has 0 bridgehead atoms. The van der Waals surface area contributed by atoms with Gasteiger partial charge in [-0.15, -0.1) is 0 Å². The second-order valence-corrected chi connectivity index (χ2v) is 11.7. The quantitative estimate of drug-likeness (QED) is 0.355. The number of benzene rings is 1. The predicted octanol–water partition coefficient (Wildman–Crippen LogP) is 3.61. The molecule has 40 heavy (non-hydrogen) atoms. The van der Waals surface area contributed by atoms with Crippen LogP contribution in [0, 0.1) is 11.7 Å². The summed E-state index contributed by atoms with van der Waals surface area (Å²) < 4.78 is 31.0. The maximum atomic E-state index is 14.9. The average Bonchev–Trinajstić information content (AvgIpc) is 3.28. The van der Waals surface area contributed by atoms with Gasteiger partial charge in [0, 0.05) is 67.1 Å². The monoisotopic (exact) mass is 566 g/mol. The summed E-state index contributed by atoms with van der Waals surface area (Å²) in [6, 6.07) is 4.67. The highest BCUT2D eigenvalue weighted by Crippen LogP contribution is 2.36. The Morgan fingerprint density at radius 1 is 1.27 bits per heavy atom. The second kappa shape index (κ2) is 11.7. The number of carbonyl (C=O) groups is 1. The maximum Gasteiger partial charge on any atom is 0.225 e. The van der Waals surface area contributed by atoms with Crippen LogP contribution >= 0.6 is 0 Å². The van der Waals surface area contributed by atoms with Crippen LogP contribution in [0.15, 0.2) is 35.6 Å². The van der Waals surface area contributed by atoms with Gasteiger partial charge in [-0.2, -0.15) is 5.10 Å². The molecule has 3 heterocycles. The number of carbonyl (C=O) groups excluding carboxylic acids is 1. The summed E-state index contributed by atoms with van der Waals surface area (Å²) in [6.07, 6.45) is 9.66. The lowest BCUT2D eigenvalue weighted by molar-refractivity contribution is -0.139. The zero-order valence-electron chi connectivity index (χ0n) is 22.8. The van der Waals surface area contributed by atoms with Crippen molar-refractivity contribution in [2.45, 2.75) is 45.1 Å². The van der Waals surface area contributed by atoms with Gasteiger partial charge in [-0.1, -0.05) is 19.4 Å². The van der Waals surface area contributed by atoms with Gasteiger partial charge in [-0.3, -0.25) is 14.5 Å². The molecule has 1 saturated carbocycles. The largest absolute Gasteiger partial charge is 0.404 e. The van der Waals surface area contributed by atoms with E-state index in [1.54, 1.807) is 37.1 Å². The number of hydrogen-bond donors (Lipinski definition) is 3. The van der Waals surface area contributed by atoms with Gasteiger partial charge in [0.25, 0.3) is 0 Å². The third-order valence-electron chi connectivity index (χ3n) is 7.77. The Morgan fingerprint density at radius 2 is 2.02 bits per heavy atom. The van der Waals surface area contributed by atoms with Gasteiger partial charge >= 0.3 is 0 Å². The fourth-order valence-corrected chi connectivity index (χ4v) is 5.78. The Balaban J connectivity index is 1.39. The molecule has 0 radical (unpaired) electrons. The Morgan fingerprint density at radius 3 is 2.65 bits per heavy atom. The van der Waals surface area contributed by atoms with Crippen LogP contribution in [0.4, 0.5) is 15.9 Å². The van der Waals surface area contributed by atoms with E-state index in [4.69, 9.17) is 16.5 Å². The van der Waals surface area contributed by atoms with E-state index in [1.807, 2.05) is 4.90 Å². The Bertz CT molecular complexity index is 1510. The number of fused-ring (bicyclic) bond motifs is 1. The molecule has 1 amide bonds. The topological polar surface area (TPSA) is 145 Å². The van der Waals surface area contributed by atoms with Gasteiger partial charge in [0.1, 0.15) is 28.3 Å². The van der Waals surface area contributed by atoms with Crippen LogP contribution < -0.4 is 16.2 Å². The molecule has 2 aliphatic rings. The molecular formula is C28H35FN8O2S. The number of nitrogens with one attached hydrogen (secondary N) is 1. The molecule has 2 aromatic heterocycles. The number of aryl methyl sites for hydroxylation is 1. The zero-order valence-corrected chi connectivity index (χ0v) is 23.6. The number of anilines is 2. The van der Waals surface area contributed by atoms with Crippen molar-refractivity contribution in [2.75, 3.05) is 29.3 Å². The molecule has 1 aliphatic heterocycles. The van der Waals surface area contributed by atoms with Gasteiger partial charge in [-0.25, -0.2) is 13.6 Å². The van der Waals surface area contributed by atoms with Gasteiger partial charge in [0.15, 0.2) is 0 Å². The highest BCUT2D eigenvalue weighted by molar-refractivity contribution is 7.86. The maximum absolute atomic E-state index is 14.9. The summed E-state index contributed by atoms with van der Waals surface area (Å²) in [5, 5.41) is 5.22. The Hall–Kier alpha value is -3.80. The third-order valence-corrected chi connectivity index (χ3v) is 8.74. The number of likely N-dealkylation sites (tertiary alicyclic amines) is 1. The molecule has 12 heteroatoms. The molecule has 0 spiro atoms. The molecule has 5 N–H and O–H groups in total. The first-order valence-corrected chi connectivity index (χ1v) is 14.9. The number of pyridine rings is 1. The van der Waals surface area contributed by atoms with Gasteiger partial charge in [0.05, 0.1) is 22.6 Å². The SMILES string of the molecule is CCS(=O)Nc1ccc(-c2nn(C)c3c(/C(C=NC4CCN(C(=O)C5CCC5)CC4)=C/N)cnc(N)c23)cc1F. The highest BCUT2D eigenvalue weighted by Gasteiger charge is 2.31. The molecule has 212 valence electrons. The van der Waals surface area contributed by atoms with Crippen LogP contribution in [-0.4, -0.2) is 60.9 Å². The molecule has 1 aliphatic carbocycles. The highest BCUT2D eigenvalue weighted by atomic mass is 32.2. The number of halogens is 1. The van der Waals surface area contributed by atoms with E-state index < -0.39 is 16.8 Å². The smallest absolute Gasteiger partial charge is 0.225 e. The van der Waals surface area contributed by atoms with Crippen LogP contribution in [0.5, 0.6) is 0 Å². The molecule has 3 aromatic rings. The average molecular weight is 567 g/mol. The van der Waals surface area contributed by atoms with E-state index in [0.29, 0.717) is 45.0 Å². The lowest BCUT2D eigenvalue weighted by atomic mass is 9.84. The summed E-state index contributed by atoms with van der Waals surface area (Å²) >= 11 is 0. The van der Waals surface area contributed by atoms with Crippen molar-refractivity contribution in [1.29, 1.82) is 0 Å². The fraction of sp³-hybridized carbons (Fsp3) is 0.429. The van der Waals surface area contributed by atoms with Gasteiger partial charge in [-0.05, 0) is 37.8 Å². The number of allylic oxidation sites excluding steroid dienone is 1. The summed E-state index contributed by atoms with van der Waals surface area (Å²) in [4.78, 5) is 23.7. The molecule has 2 fully saturated rings. The third kappa shape index (κ3) is 5.45. The summed E-state index contributed by atoms with van der Waals surface area (Å²) in [7, 11) is 0.417. The lowest BCUT2D eigenvalue weighted by Gasteiger charge is -2.35. The van der Waals surface area contributed by atoms with E-state index in [1.165, 1.54) is 18.3 Å². The van der Waals surface area contributed by atoms with Crippen molar-refractivity contribution in [3.8, 4) is 11.3 Å². The fourth-order valence-electron chi connectivity index (χ4n) is 5.23. The zero-order chi connectivity index (χ0) is 28.4. The second-order valence-electron chi connectivity index (χ2n) is 10.3. The number of nitrogens with zero attached hydrogens (tertiary/aromatic N) is 5. The van der Waals surface area contributed by atoms with E-state index in [2.05, 4.69) is 14.8 Å². The minimum atomic E-state index is -1.37. The minimum Gasteiger partial charge on any atom is -0.404 e. The van der Waals surface area contributed by atoms with Crippen LogP contribution in [0.3, 0.4) is 0 Å². The van der Waals surface area contributed by atoms with Crippen LogP contribution in [0.25, 0.3) is 27.7 Å². The van der Waals surface area contributed by atoms with Crippen LogP contribution in [0.2, 0.25) is 0 Å². The number of piperidine rings is 1. The number of nitrogen functional groups attached to an aromatic ring is 1. The Labute approximate surface area is 235 Å². The van der Waals surface area contributed by atoms with Crippen molar-refractivity contribution in [3.63, 3.8) is 0 Å². The Kier molecular flexibility index (Phi) is 8.15. The van der Waals surface area contributed by atoms with Gasteiger partial charge in [0.2, 0.25) is 5.91 Å². The van der Waals surface area contributed by atoms with Crippen LogP contribution in [0.1, 0.15) is 44.6 Å². The number of nitrogens with two attached hydrogens (primary N) is 2. The number of hydrogen-bond acceptors (Lipinski definition) is 7. The summed E-state index contributed by atoms with van der Waals surface area (Å²) in [5.74, 6) is 0.578. The van der Waals surface area contributed by atoms with E-state index >= 15 is 0 Å². The molecule has 1 aromatic carbocycles. The van der Waals surface area contributed by atoms with Crippen molar-refractivity contribution in [2.24, 2.45) is 23.7 Å². The molecular weight excluding hydrogens is 531 g/mol. The lowest BCUT2D eigenvalue weighted by Crippen LogP contribution is -2.44. The summed E-state index contributed by atoms with van der Waals surface area (Å²) in [6.45, 7) is 3.19. The van der Waals surface area contributed by atoms with Crippen molar-refractivity contribution >= 4 is 51.1 Å². The molecule has 1 unspecified atom stereocenters. The van der Waals surface area contributed by atoms with Crippen LogP contribution in [-0.2, 0) is 22.8 Å². The number of amides is 1. The first kappa shape index (κ1) is 27.8. The predicted molar refractivity (Wildman–Crippen MR) is 158 cm³/mol. The van der Waals surface area contributed by atoms with Crippen molar-refractivity contribution in [1.82, 2.24) is 19.7 Å². The van der Waals surface area contributed by atoms with E-state index in [-0.39, 0.29) is 23.5 Å². The first-order chi connectivity index (χ1) is 19.3. The number of rotatable bonds is 8.